The van der Waals surface area contributed by atoms with Gasteiger partial charge in [0.2, 0.25) is 0 Å². The molecule has 4 aliphatic carbocycles. The Bertz CT molecular complexity index is 4510. The van der Waals surface area contributed by atoms with Gasteiger partial charge in [-0.3, -0.25) is 0 Å². The van der Waals surface area contributed by atoms with E-state index in [1.54, 1.807) is 0 Å². The fourth-order valence-corrected chi connectivity index (χ4v) is 17.8. The molecule has 82 heavy (non-hydrogen) atoms. The molecule has 0 atom stereocenters. The zero-order chi connectivity index (χ0) is 55.5. The van der Waals surface area contributed by atoms with Gasteiger partial charge in [0.1, 0.15) is 0 Å². The first-order valence-corrected chi connectivity index (χ1v) is 30.5. The summed E-state index contributed by atoms with van der Waals surface area (Å²) in [4.78, 5) is 6.79. The first-order valence-electron chi connectivity index (χ1n) is 29.6. The van der Waals surface area contributed by atoms with Crippen LogP contribution < -0.4 is 25.5 Å². The van der Waals surface area contributed by atoms with Gasteiger partial charge in [0.15, 0.2) is 0 Å². The number of hydrogen-bond donors (Lipinski definition) is 0. The summed E-state index contributed by atoms with van der Waals surface area (Å²) in [5.74, 6) is 0.370. The predicted molar refractivity (Wildman–Crippen MR) is 347 cm³/mol. The molecule has 0 bridgehead atoms. The molecule has 394 valence electrons. The number of fused-ring (bicyclic) bond motifs is 25. The van der Waals surface area contributed by atoms with Crippen LogP contribution in [0.4, 0.5) is 34.1 Å². The third-order valence-corrected chi connectivity index (χ3v) is 21.2. The lowest BCUT2D eigenvalue weighted by Crippen LogP contribution is -2.60. The van der Waals surface area contributed by atoms with Gasteiger partial charge >= 0.3 is 0 Å². The Morgan fingerprint density at radius 2 is 0.854 bits per heavy atom. The van der Waals surface area contributed by atoms with Gasteiger partial charge in [-0.1, -0.05) is 225 Å². The van der Waals surface area contributed by atoms with Crippen molar-refractivity contribution < 1.29 is 0 Å². The Kier molecular flexibility index (Phi) is 9.65. The maximum absolute atomic E-state index is 2.72. The van der Waals surface area contributed by atoms with Crippen LogP contribution in [-0.4, -0.2) is 6.71 Å². The Morgan fingerprint density at radius 3 is 1.34 bits per heavy atom. The van der Waals surface area contributed by atoms with Crippen molar-refractivity contribution in [2.45, 2.75) is 89.9 Å². The van der Waals surface area contributed by atoms with Gasteiger partial charge in [0.05, 0.1) is 16.5 Å². The molecule has 0 fully saturated rings. The topological polar surface area (TPSA) is 6.48 Å². The second-order valence-electron chi connectivity index (χ2n) is 26.6. The molecule has 11 aromatic rings. The molecular formula is C78H63BN2S. The second kappa shape index (κ2) is 16.4. The third-order valence-electron chi connectivity index (χ3n) is 19.8. The normalized spacial score (nSPS) is 15.4. The Hall–Kier alpha value is -8.44. The van der Waals surface area contributed by atoms with Crippen molar-refractivity contribution in [2.75, 3.05) is 9.80 Å². The molecule has 2 aliphatic heterocycles. The van der Waals surface area contributed by atoms with Gasteiger partial charge in [-0.15, -0.1) is 11.3 Å². The van der Waals surface area contributed by atoms with Crippen LogP contribution in [0.3, 0.4) is 0 Å². The molecule has 4 heteroatoms. The highest BCUT2D eigenvalue weighted by atomic mass is 32.1. The van der Waals surface area contributed by atoms with Crippen molar-refractivity contribution in [1.29, 1.82) is 0 Å². The summed E-state index contributed by atoms with van der Waals surface area (Å²) in [5.41, 5.74) is 34.7. The van der Waals surface area contributed by atoms with E-state index in [-0.39, 0.29) is 17.5 Å². The van der Waals surface area contributed by atoms with Gasteiger partial charge in [0.25, 0.3) is 6.71 Å². The van der Waals surface area contributed by atoms with Gasteiger partial charge < -0.3 is 9.80 Å². The zero-order valence-corrected chi connectivity index (χ0v) is 49.0. The van der Waals surface area contributed by atoms with Crippen LogP contribution in [-0.2, 0) is 21.7 Å². The fourth-order valence-electron chi connectivity index (χ4n) is 16.2. The molecule has 10 aromatic carbocycles. The van der Waals surface area contributed by atoms with Gasteiger partial charge in [-0.05, 0) is 177 Å². The van der Waals surface area contributed by atoms with E-state index in [1.807, 2.05) is 0 Å². The Balaban J connectivity index is 1.03. The van der Waals surface area contributed by atoms with Crippen molar-refractivity contribution >= 4 is 67.9 Å². The summed E-state index contributed by atoms with van der Waals surface area (Å²) >= 11 is 2.09. The summed E-state index contributed by atoms with van der Waals surface area (Å²) in [6.07, 6.45) is 0. The molecule has 0 unspecified atom stereocenters. The van der Waals surface area contributed by atoms with Crippen LogP contribution in [0.15, 0.2) is 212 Å². The van der Waals surface area contributed by atoms with E-state index in [1.165, 1.54) is 160 Å². The summed E-state index contributed by atoms with van der Waals surface area (Å²) < 4.78 is 1.41. The molecule has 3 heterocycles. The Labute approximate surface area is 487 Å². The smallest absolute Gasteiger partial charge is 0.264 e. The Morgan fingerprint density at radius 1 is 0.415 bits per heavy atom. The largest absolute Gasteiger partial charge is 0.311 e. The molecule has 17 rings (SSSR count). The van der Waals surface area contributed by atoms with Crippen LogP contribution in [0.2, 0.25) is 0 Å². The minimum absolute atomic E-state index is 0.00408. The van der Waals surface area contributed by atoms with Crippen molar-refractivity contribution in [2.24, 2.45) is 0 Å². The SMILES string of the molecule is Cc1cc2c3c(c1)N(c1ccc(C(C)(C)C)cc1)c1c(sc4c1-c1ccc(C(C)C)cc1C41c4ccccc4-c4ccccc41)B3c1cc3c(cc1N2c1ccc(C(C)(C)C)cc1)-c1ccccc1C31c2ccccc2-c2ccccc21. The van der Waals surface area contributed by atoms with Crippen LogP contribution in [0.25, 0.3) is 44.5 Å². The van der Waals surface area contributed by atoms with Crippen LogP contribution in [0, 0.1) is 6.92 Å². The highest BCUT2D eigenvalue weighted by molar-refractivity contribution is 7.30. The van der Waals surface area contributed by atoms with Crippen LogP contribution in [0.1, 0.15) is 127 Å². The summed E-state index contributed by atoms with van der Waals surface area (Å²) in [5, 5.41) is 0. The summed E-state index contributed by atoms with van der Waals surface area (Å²) in [6, 6.07) is 83.6. The lowest BCUT2D eigenvalue weighted by molar-refractivity contribution is 0.590. The first-order chi connectivity index (χ1) is 39.7. The van der Waals surface area contributed by atoms with Crippen molar-refractivity contribution in [3.63, 3.8) is 0 Å². The van der Waals surface area contributed by atoms with Crippen molar-refractivity contribution in [3.05, 3.63) is 278 Å². The summed E-state index contributed by atoms with van der Waals surface area (Å²) in [6.45, 7) is 20.9. The second-order valence-corrected chi connectivity index (χ2v) is 27.6. The third kappa shape index (κ3) is 6.01. The van der Waals surface area contributed by atoms with E-state index in [4.69, 9.17) is 0 Å². The quantitative estimate of drug-likeness (QED) is 0.163. The average Bonchev–Trinajstić information content (AvgIpc) is 1.60. The number of aryl methyl sites for hydroxylation is 1. The maximum Gasteiger partial charge on any atom is 0.264 e. The van der Waals surface area contributed by atoms with E-state index < -0.39 is 10.8 Å². The molecule has 0 radical (unpaired) electrons. The molecule has 2 nitrogen and oxygen atoms in total. The van der Waals surface area contributed by atoms with E-state index in [0.717, 1.165) is 0 Å². The predicted octanol–water partition coefficient (Wildman–Crippen LogP) is 18.5. The molecule has 0 amide bonds. The monoisotopic (exact) mass is 1070 g/mol. The molecule has 2 spiro atoms. The molecular weight excluding hydrogens is 1010 g/mol. The fraction of sp³-hybridized carbons (Fsp3) is 0.179. The molecule has 6 aliphatic rings. The van der Waals surface area contributed by atoms with Crippen LogP contribution >= 0.6 is 11.3 Å². The van der Waals surface area contributed by atoms with Gasteiger partial charge in [-0.25, -0.2) is 0 Å². The van der Waals surface area contributed by atoms with Crippen molar-refractivity contribution in [3.8, 4) is 44.5 Å². The lowest BCUT2D eigenvalue weighted by atomic mass is 9.35. The number of thiophene rings is 1. The first kappa shape index (κ1) is 48.3. The molecule has 1 aromatic heterocycles. The molecule has 0 saturated heterocycles. The van der Waals surface area contributed by atoms with E-state index in [2.05, 4.69) is 296 Å². The lowest BCUT2D eigenvalue weighted by Gasteiger charge is -2.44. The number of benzene rings is 10. The number of rotatable bonds is 3. The minimum Gasteiger partial charge on any atom is -0.311 e. The highest BCUT2D eigenvalue weighted by Crippen LogP contribution is 2.68. The molecule has 0 N–H and O–H groups in total. The number of hydrogen-bond acceptors (Lipinski definition) is 3. The average molecular weight is 1070 g/mol. The number of anilines is 6. The number of nitrogens with zero attached hydrogens (tertiary/aromatic N) is 2. The van der Waals surface area contributed by atoms with E-state index in [9.17, 15) is 0 Å². The minimum atomic E-state index is -0.517. The highest BCUT2D eigenvalue weighted by Gasteiger charge is 2.58. The van der Waals surface area contributed by atoms with E-state index >= 15 is 0 Å². The van der Waals surface area contributed by atoms with E-state index in [0.29, 0.717) is 5.92 Å². The maximum atomic E-state index is 2.72. The standard InChI is InChI=1S/C78H63BN2S/c1-45(2)47-30-39-57-64(42-47)78(62-28-18-12-22-54(62)55-23-13-19-29-63(55)78)73-70(57)72-74(82-73)79-66-44-65-58(56-24-14-17-27-61(56)77(65)59-25-15-10-20-52(59)53-21-11-16-26-60(53)77)43-67(66)80(50-35-31-48(32-36-50)75(4,5)6)68-40-46(3)41-69(71(68)79)81(72)51-37-33-49(34-38-51)76(7,8)9/h10-45H,1-9H3. The molecule has 0 saturated carbocycles. The van der Waals surface area contributed by atoms with Gasteiger partial charge in [0, 0.05) is 43.7 Å². The zero-order valence-electron chi connectivity index (χ0n) is 48.2. The van der Waals surface area contributed by atoms with Crippen molar-refractivity contribution in [1.82, 2.24) is 0 Å². The van der Waals surface area contributed by atoms with Crippen LogP contribution in [0.5, 0.6) is 0 Å². The van der Waals surface area contributed by atoms with Gasteiger partial charge in [-0.2, -0.15) is 0 Å². The summed E-state index contributed by atoms with van der Waals surface area (Å²) in [7, 11) is 0.